The zero-order chi connectivity index (χ0) is 17.4. The highest BCUT2D eigenvalue weighted by Gasteiger charge is 2.06. The van der Waals surface area contributed by atoms with E-state index in [1.54, 1.807) is 19.2 Å². The first kappa shape index (κ1) is 20.9. The molecule has 2 aromatic rings. The highest BCUT2D eigenvalue weighted by Crippen LogP contribution is 2.13. The molecular formula is C18H23IN4O2. The van der Waals surface area contributed by atoms with E-state index in [1.165, 1.54) is 17.2 Å². The van der Waals surface area contributed by atoms with Gasteiger partial charge in [0.25, 0.3) is 5.69 Å². The highest BCUT2D eigenvalue weighted by molar-refractivity contribution is 14.0. The van der Waals surface area contributed by atoms with Crippen LogP contribution in [0.3, 0.4) is 0 Å². The Bertz CT molecular complexity index is 735. The van der Waals surface area contributed by atoms with Gasteiger partial charge in [-0.25, -0.2) is 0 Å². The highest BCUT2D eigenvalue weighted by atomic mass is 127. The molecular weight excluding hydrogens is 431 g/mol. The Labute approximate surface area is 164 Å². The van der Waals surface area contributed by atoms with Gasteiger partial charge in [-0.15, -0.1) is 24.0 Å². The predicted molar refractivity (Wildman–Crippen MR) is 111 cm³/mol. The van der Waals surface area contributed by atoms with Crippen LogP contribution in [0.15, 0.2) is 53.5 Å². The van der Waals surface area contributed by atoms with E-state index in [-0.39, 0.29) is 29.7 Å². The molecule has 0 aromatic heterocycles. The van der Waals surface area contributed by atoms with Crippen molar-refractivity contribution in [3.63, 3.8) is 0 Å². The van der Waals surface area contributed by atoms with Crippen LogP contribution in [-0.4, -0.2) is 17.9 Å². The molecule has 0 radical (unpaired) electrons. The summed E-state index contributed by atoms with van der Waals surface area (Å²) in [4.78, 5) is 14.6. The Morgan fingerprint density at radius 1 is 1.08 bits per heavy atom. The molecule has 2 N–H and O–H groups in total. The number of halogens is 1. The van der Waals surface area contributed by atoms with Crippen LogP contribution in [-0.2, 0) is 19.5 Å². The second-order valence-corrected chi connectivity index (χ2v) is 5.33. The van der Waals surface area contributed by atoms with Crippen molar-refractivity contribution >= 4 is 35.6 Å². The molecule has 134 valence electrons. The summed E-state index contributed by atoms with van der Waals surface area (Å²) in [5, 5.41) is 17.3. The van der Waals surface area contributed by atoms with Gasteiger partial charge in [0.2, 0.25) is 0 Å². The molecule has 25 heavy (non-hydrogen) atoms. The summed E-state index contributed by atoms with van der Waals surface area (Å²) >= 11 is 0. The molecule has 0 saturated heterocycles. The molecule has 0 aliphatic heterocycles. The maximum absolute atomic E-state index is 10.8. The molecule has 2 rings (SSSR count). The van der Waals surface area contributed by atoms with Crippen molar-refractivity contribution in [2.45, 2.75) is 26.4 Å². The van der Waals surface area contributed by atoms with Gasteiger partial charge in [0.05, 0.1) is 4.92 Å². The third kappa shape index (κ3) is 6.33. The van der Waals surface area contributed by atoms with Crippen LogP contribution in [0.2, 0.25) is 0 Å². The van der Waals surface area contributed by atoms with Crippen molar-refractivity contribution < 1.29 is 4.92 Å². The number of nitro benzene ring substituents is 1. The summed E-state index contributed by atoms with van der Waals surface area (Å²) in [5.41, 5.74) is 3.47. The maximum atomic E-state index is 10.8. The number of non-ortho nitro benzene ring substituents is 1. The van der Waals surface area contributed by atoms with Gasteiger partial charge in [0.15, 0.2) is 5.96 Å². The number of nitro groups is 1. The minimum Gasteiger partial charge on any atom is -0.352 e. The van der Waals surface area contributed by atoms with E-state index in [0.717, 1.165) is 12.0 Å². The zero-order valence-electron chi connectivity index (χ0n) is 14.4. The number of hydrogen-bond acceptors (Lipinski definition) is 3. The molecule has 0 atom stereocenters. The van der Waals surface area contributed by atoms with E-state index in [9.17, 15) is 10.1 Å². The van der Waals surface area contributed by atoms with Crippen LogP contribution >= 0.6 is 24.0 Å². The fourth-order valence-electron chi connectivity index (χ4n) is 2.44. The third-order valence-electron chi connectivity index (χ3n) is 3.75. The molecule has 0 spiro atoms. The molecule has 0 saturated carbocycles. The summed E-state index contributed by atoms with van der Waals surface area (Å²) in [6.45, 7) is 3.28. The second-order valence-electron chi connectivity index (χ2n) is 5.33. The lowest BCUT2D eigenvalue weighted by atomic mass is 10.1. The molecule has 0 fully saturated rings. The van der Waals surface area contributed by atoms with Crippen LogP contribution in [0.5, 0.6) is 0 Å². The normalized spacial score (nSPS) is 10.7. The Kier molecular flexibility index (Phi) is 8.90. The van der Waals surface area contributed by atoms with E-state index >= 15 is 0 Å². The van der Waals surface area contributed by atoms with Gasteiger partial charge in [-0.2, -0.15) is 0 Å². The number of aliphatic imine (C=N–C) groups is 1. The Morgan fingerprint density at radius 3 is 2.40 bits per heavy atom. The standard InChI is InChI=1S/C18H22N4O2.HI/c1-3-15-8-4-5-9-16(15)13-21-18(19-2)20-12-14-7-6-10-17(11-14)22(23)24;/h4-11H,3,12-13H2,1-2H3,(H2,19,20,21);1H. The minimum atomic E-state index is -0.391. The van der Waals surface area contributed by atoms with E-state index in [4.69, 9.17) is 0 Å². The van der Waals surface area contributed by atoms with Crippen LogP contribution < -0.4 is 10.6 Å². The van der Waals surface area contributed by atoms with Gasteiger partial charge in [-0.05, 0) is 23.1 Å². The minimum absolute atomic E-state index is 0. The van der Waals surface area contributed by atoms with Crippen LogP contribution in [0.4, 0.5) is 5.69 Å². The fourth-order valence-corrected chi connectivity index (χ4v) is 2.44. The number of guanidine groups is 1. The first-order valence-corrected chi connectivity index (χ1v) is 7.88. The molecule has 0 aliphatic rings. The Morgan fingerprint density at radius 2 is 1.76 bits per heavy atom. The van der Waals surface area contributed by atoms with Crippen molar-refractivity contribution in [2.24, 2.45) is 4.99 Å². The lowest BCUT2D eigenvalue weighted by Crippen LogP contribution is -2.36. The first-order chi connectivity index (χ1) is 11.6. The lowest BCUT2D eigenvalue weighted by Gasteiger charge is -2.13. The van der Waals surface area contributed by atoms with E-state index in [0.29, 0.717) is 19.0 Å². The second kappa shape index (κ2) is 10.7. The quantitative estimate of drug-likeness (QED) is 0.230. The first-order valence-electron chi connectivity index (χ1n) is 7.88. The topological polar surface area (TPSA) is 79.6 Å². The van der Waals surface area contributed by atoms with Crippen LogP contribution in [0.25, 0.3) is 0 Å². The number of nitrogens with one attached hydrogen (secondary N) is 2. The maximum Gasteiger partial charge on any atom is 0.269 e. The summed E-state index contributed by atoms with van der Waals surface area (Å²) < 4.78 is 0. The molecule has 0 bridgehead atoms. The van der Waals surface area contributed by atoms with Gasteiger partial charge < -0.3 is 10.6 Å². The van der Waals surface area contributed by atoms with Gasteiger partial charge in [-0.1, -0.05) is 43.3 Å². The third-order valence-corrected chi connectivity index (χ3v) is 3.75. The molecule has 0 unspecified atom stereocenters. The number of benzene rings is 2. The van der Waals surface area contributed by atoms with Gasteiger partial charge >= 0.3 is 0 Å². The molecule has 6 nitrogen and oxygen atoms in total. The van der Waals surface area contributed by atoms with E-state index in [2.05, 4.69) is 34.7 Å². The van der Waals surface area contributed by atoms with Crippen molar-refractivity contribution in [2.75, 3.05) is 7.05 Å². The average Bonchev–Trinajstić information content (AvgIpc) is 2.62. The molecule has 0 aliphatic carbocycles. The molecule has 0 amide bonds. The Balaban J connectivity index is 0.00000312. The van der Waals surface area contributed by atoms with Crippen molar-refractivity contribution in [3.8, 4) is 0 Å². The monoisotopic (exact) mass is 454 g/mol. The fraction of sp³-hybridized carbons (Fsp3) is 0.278. The number of nitrogens with zero attached hydrogens (tertiary/aromatic N) is 2. The van der Waals surface area contributed by atoms with Crippen molar-refractivity contribution in [3.05, 3.63) is 75.3 Å². The smallest absolute Gasteiger partial charge is 0.269 e. The average molecular weight is 454 g/mol. The van der Waals surface area contributed by atoms with Gasteiger partial charge in [-0.3, -0.25) is 15.1 Å². The predicted octanol–water partition coefficient (Wildman–Crippen LogP) is 3.64. The van der Waals surface area contributed by atoms with E-state index in [1.807, 2.05) is 18.2 Å². The van der Waals surface area contributed by atoms with Gasteiger partial charge in [0, 0.05) is 32.3 Å². The number of hydrogen-bond donors (Lipinski definition) is 2. The van der Waals surface area contributed by atoms with E-state index < -0.39 is 4.92 Å². The SMILES string of the molecule is CCc1ccccc1CNC(=NC)NCc1cccc([N+](=O)[O-])c1.I. The summed E-state index contributed by atoms with van der Waals surface area (Å²) in [5.74, 6) is 0.660. The lowest BCUT2D eigenvalue weighted by molar-refractivity contribution is -0.384. The molecule has 0 heterocycles. The molecule has 7 heteroatoms. The Hall–Kier alpha value is -2.16. The summed E-state index contributed by atoms with van der Waals surface area (Å²) in [6.07, 6.45) is 0.984. The molecule has 2 aromatic carbocycles. The summed E-state index contributed by atoms with van der Waals surface area (Å²) in [7, 11) is 1.70. The largest absolute Gasteiger partial charge is 0.352 e. The zero-order valence-corrected chi connectivity index (χ0v) is 16.7. The van der Waals surface area contributed by atoms with Crippen LogP contribution in [0.1, 0.15) is 23.6 Å². The van der Waals surface area contributed by atoms with Gasteiger partial charge in [0.1, 0.15) is 0 Å². The number of aryl methyl sites for hydroxylation is 1. The van der Waals surface area contributed by atoms with Crippen molar-refractivity contribution in [1.82, 2.24) is 10.6 Å². The van der Waals surface area contributed by atoms with Crippen molar-refractivity contribution in [1.29, 1.82) is 0 Å². The summed E-state index contributed by atoms with van der Waals surface area (Å²) in [6, 6.07) is 14.9. The van der Waals surface area contributed by atoms with Crippen LogP contribution in [0, 0.1) is 10.1 Å². The number of rotatable bonds is 6.